The zero-order valence-electron chi connectivity index (χ0n) is 22.0. The third kappa shape index (κ3) is 10.6. The van der Waals surface area contributed by atoms with E-state index < -0.39 is 5.97 Å². The Morgan fingerprint density at radius 1 is 0.947 bits per heavy atom. The standard InChI is InChI=1S/C16H19NO3.C8H8O2.C7H8O/c1-11-3-5-13(6-4-11)16(18)19-10-14-9-12(2)15(20-14)7-8-17;1-6-2-4-7(5-3-6)8(9)10;8-6-7-4-2-1-3-5-7/h3-6,12,14-15H,7,9-10H2,1-2H3;2-5H,1H3,(H,9,10);1-5,8H,6H2/t12?,14-,15-;;/m0../s1. The summed E-state index contributed by atoms with van der Waals surface area (Å²) in [6.45, 7) is 6.34. The molecule has 3 aromatic rings. The molecule has 0 aromatic heterocycles. The van der Waals surface area contributed by atoms with Crippen molar-refractivity contribution in [2.45, 2.75) is 52.4 Å². The number of carbonyl (C=O) groups is 2. The molecule has 7 nitrogen and oxygen atoms in total. The Bertz CT molecular complexity index is 1170. The molecule has 3 atom stereocenters. The van der Waals surface area contributed by atoms with Crippen molar-refractivity contribution >= 4 is 11.9 Å². The lowest BCUT2D eigenvalue weighted by Gasteiger charge is -2.12. The van der Waals surface area contributed by atoms with Gasteiger partial charge in [-0.2, -0.15) is 5.26 Å². The van der Waals surface area contributed by atoms with E-state index in [1.165, 1.54) is 0 Å². The Morgan fingerprint density at radius 3 is 1.97 bits per heavy atom. The topological polar surface area (TPSA) is 117 Å². The fourth-order valence-corrected chi connectivity index (χ4v) is 3.67. The Morgan fingerprint density at radius 2 is 1.50 bits per heavy atom. The number of carboxylic acid groups (broad SMARTS) is 1. The Hall–Kier alpha value is -3.99. The van der Waals surface area contributed by atoms with E-state index in [2.05, 4.69) is 13.0 Å². The third-order valence-electron chi connectivity index (χ3n) is 5.94. The molecule has 0 spiro atoms. The molecular weight excluding hydrogens is 482 g/mol. The summed E-state index contributed by atoms with van der Waals surface area (Å²) in [7, 11) is 0. The quantitative estimate of drug-likeness (QED) is 0.401. The minimum absolute atomic E-state index is 0.0388. The van der Waals surface area contributed by atoms with Crippen molar-refractivity contribution in [2.75, 3.05) is 6.61 Å². The Kier molecular flexibility index (Phi) is 12.7. The van der Waals surface area contributed by atoms with Crippen molar-refractivity contribution in [1.82, 2.24) is 0 Å². The van der Waals surface area contributed by atoms with Gasteiger partial charge in [0.15, 0.2) is 0 Å². The lowest BCUT2D eigenvalue weighted by molar-refractivity contribution is -0.00910. The monoisotopic (exact) mass is 517 g/mol. The van der Waals surface area contributed by atoms with Gasteiger partial charge in [-0.05, 0) is 56.0 Å². The summed E-state index contributed by atoms with van der Waals surface area (Å²) in [5.41, 5.74) is 4.03. The number of ether oxygens (including phenoxy) is 2. The number of nitrogens with zero attached hydrogens (tertiary/aromatic N) is 1. The lowest BCUT2D eigenvalue weighted by atomic mass is 10.0. The van der Waals surface area contributed by atoms with Gasteiger partial charge in [-0.1, -0.05) is 72.6 Å². The van der Waals surface area contributed by atoms with Crippen LogP contribution in [0.3, 0.4) is 0 Å². The highest BCUT2D eigenvalue weighted by atomic mass is 16.6. The summed E-state index contributed by atoms with van der Waals surface area (Å²) < 4.78 is 11.0. The molecule has 1 aliphatic heterocycles. The number of aryl methyl sites for hydroxylation is 2. The van der Waals surface area contributed by atoms with Gasteiger partial charge < -0.3 is 19.7 Å². The number of aliphatic hydroxyl groups excluding tert-OH is 1. The van der Waals surface area contributed by atoms with Crippen LogP contribution < -0.4 is 0 Å². The van der Waals surface area contributed by atoms with Crippen molar-refractivity contribution in [3.63, 3.8) is 0 Å². The van der Waals surface area contributed by atoms with Crippen LogP contribution in [0.2, 0.25) is 0 Å². The summed E-state index contributed by atoms with van der Waals surface area (Å²) in [6, 6.07) is 25.7. The maximum Gasteiger partial charge on any atom is 0.338 e. The molecule has 4 rings (SSSR count). The number of hydrogen-bond donors (Lipinski definition) is 2. The summed E-state index contributed by atoms with van der Waals surface area (Å²) in [5.74, 6) is -0.872. The number of hydrogen-bond acceptors (Lipinski definition) is 6. The van der Waals surface area contributed by atoms with E-state index in [0.29, 0.717) is 23.5 Å². The lowest BCUT2D eigenvalue weighted by Crippen LogP contribution is -2.19. The van der Waals surface area contributed by atoms with E-state index in [4.69, 9.17) is 24.9 Å². The zero-order valence-corrected chi connectivity index (χ0v) is 22.0. The summed E-state index contributed by atoms with van der Waals surface area (Å²) in [5, 5.41) is 25.7. The van der Waals surface area contributed by atoms with Gasteiger partial charge in [-0.3, -0.25) is 0 Å². The van der Waals surface area contributed by atoms with Crippen LogP contribution >= 0.6 is 0 Å². The predicted octanol–water partition coefficient (Wildman–Crippen LogP) is 5.73. The van der Waals surface area contributed by atoms with Gasteiger partial charge in [0.25, 0.3) is 0 Å². The maximum absolute atomic E-state index is 11.9. The van der Waals surface area contributed by atoms with E-state index in [1.807, 2.05) is 56.3 Å². The number of esters is 1. The first-order valence-electron chi connectivity index (χ1n) is 12.4. The Balaban J connectivity index is 0.000000233. The van der Waals surface area contributed by atoms with E-state index >= 15 is 0 Å². The first-order chi connectivity index (χ1) is 18.2. The molecule has 7 heteroatoms. The van der Waals surface area contributed by atoms with E-state index in [1.54, 1.807) is 36.4 Å². The molecule has 0 saturated carbocycles. The number of carboxylic acids is 1. The van der Waals surface area contributed by atoms with Gasteiger partial charge in [-0.15, -0.1) is 0 Å². The van der Waals surface area contributed by atoms with Crippen LogP contribution in [0.25, 0.3) is 0 Å². The van der Waals surface area contributed by atoms with E-state index in [-0.39, 0.29) is 31.4 Å². The average Bonchev–Trinajstić information content (AvgIpc) is 3.28. The molecule has 1 unspecified atom stereocenters. The molecule has 0 aliphatic carbocycles. The highest BCUT2D eigenvalue weighted by molar-refractivity contribution is 5.89. The average molecular weight is 518 g/mol. The van der Waals surface area contributed by atoms with E-state index in [9.17, 15) is 9.59 Å². The zero-order chi connectivity index (χ0) is 27.9. The van der Waals surface area contributed by atoms with Crippen LogP contribution in [0.5, 0.6) is 0 Å². The maximum atomic E-state index is 11.9. The van der Waals surface area contributed by atoms with Crippen LogP contribution in [0.15, 0.2) is 78.9 Å². The molecule has 1 saturated heterocycles. The molecule has 1 aliphatic rings. The second-order valence-corrected chi connectivity index (χ2v) is 9.15. The van der Waals surface area contributed by atoms with Gasteiger partial charge >= 0.3 is 11.9 Å². The van der Waals surface area contributed by atoms with Gasteiger partial charge in [0.2, 0.25) is 0 Å². The molecule has 200 valence electrons. The fraction of sp³-hybridized carbons (Fsp3) is 0.323. The van der Waals surface area contributed by atoms with Crippen LogP contribution in [-0.2, 0) is 16.1 Å². The SMILES string of the molecule is Cc1ccc(C(=O)O)cc1.Cc1ccc(C(=O)OC[C@@H]2CC(C)[C@H](CC#N)O2)cc1.OCc1ccccc1. The van der Waals surface area contributed by atoms with Gasteiger partial charge in [-0.25, -0.2) is 9.59 Å². The number of carbonyl (C=O) groups excluding carboxylic acids is 1. The molecule has 1 fully saturated rings. The summed E-state index contributed by atoms with van der Waals surface area (Å²) in [6.07, 6.45) is 1.08. The molecular formula is C31H35NO6. The molecule has 2 N–H and O–H groups in total. The first kappa shape index (κ1) is 30.2. The van der Waals surface area contributed by atoms with Crippen LogP contribution in [0, 0.1) is 31.1 Å². The second-order valence-electron chi connectivity index (χ2n) is 9.15. The number of aliphatic hydroxyl groups is 1. The minimum atomic E-state index is -0.875. The summed E-state index contributed by atoms with van der Waals surface area (Å²) >= 11 is 0. The number of aromatic carboxylic acids is 1. The number of rotatable bonds is 6. The Labute approximate surface area is 224 Å². The van der Waals surface area contributed by atoms with Crippen molar-refractivity contribution in [3.05, 3.63) is 107 Å². The molecule has 38 heavy (non-hydrogen) atoms. The van der Waals surface area contributed by atoms with Crippen LogP contribution in [-0.4, -0.2) is 41.0 Å². The fourth-order valence-electron chi connectivity index (χ4n) is 3.67. The largest absolute Gasteiger partial charge is 0.478 e. The highest BCUT2D eigenvalue weighted by Gasteiger charge is 2.32. The molecule has 0 bridgehead atoms. The molecule has 0 radical (unpaired) electrons. The normalized spacial score (nSPS) is 17.6. The van der Waals surface area contributed by atoms with Crippen LogP contribution in [0.1, 0.15) is 57.2 Å². The highest BCUT2D eigenvalue weighted by Crippen LogP contribution is 2.28. The smallest absolute Gasteiger partial charge is 0.338 e. The van der Waals surface area contributed by atoms with Crippen molar-refractivity contribution in [3.8, 4) is 6.07 Å². The first-order valence-corrected chi connectivity index (χ1v) is 12.4. The third-order valence-corrected chi connectivity index (χ3v) is 5.94. The molecule has 0 amide bonds. The van der Waals surface area contributed by atoms with Gasteiger partial charge in [0, 0.05) is 0 Å². The number of benzene rings is 3. The van der Waals surface area contributed by atoms with Gasteiger partial charge in [0.05, 0.1) is 42.4 Å². The van der Waals surface area contributed by atoms with Gasteiger partial charge in [0.1, 0.15) is 6.61 Å². The predicted molar refractivity (Wildman–Crippen MR) is 145 cm³/mol. The molecule has 3 aromatic carbocycles. The second kappa shape index (κ2) is 16.0. The van der Waals surface area contributed by atoms with Crippen LogP contribution in [0.4, 0.5) is 0 Å². The van der Waals surface area contributed by atoms with Crippen molar-refractivity contribution < 1.29 is 29.3 Å². The molecule has 1 heterocycles. The van der Waals surface area contributed by atoms with Crippen molar-refractivity contribution in [2.24, 2.45) is 5.92 Å². The number of nitriles is 1. The van der Waals surface area contributed by atoms with Crippen molar-refractivity contribution in [1.29, 1.82) is 5.26 Å². The summed E-state index contributed by atoms with van der Waals surface area (Å²) in [4.78, 5) is 22.2. The van der Waals surface area contributed by atoms with E-state index in [0.717, 1.165) is 23.1 Å². The minimum Gasteiger partial charge on any atom is -0.478 e.